The maximum atomic E-state index is 10.2. The van der Waals surface area contributed by atoms with Crippen LogP contribution in [0.25, 0.3) is 0 Å². The minimum atomic E-state index is -0.497. The number of hydrogen-bond acceptors (Lipinski definition) is 4. The van der Waals surface area contributed by atoms with E-state index in [1.165, 1.54) is 6.92 Å². The van der Waals surface area contributed by atoms with Crippen molar-refractivity contribution in [3.05, 3.63) is 23.3 Å². The Morgan fingerprint density at radius 3 is 2.83 bits per heavy atom. The molecule has 0 radical (unpaired) electrons. The van der Waals surface area contributed by atoms with Crippen molar-refractivity contribution < 1.29 is 19.4 Å². The number of carbonyl (C=O) groups excluding carboxylic acids is 2. The largest absolute Gasteiger partial charge is 0.501 e. The second-order valence-corrected chi connectivity index (χ2v) is 1.80. The van der Waals surface area contributed by atoms with Gasteiger partial charge < -0.3 is 9.84 Å². The lowest BCUT2D eigenvalue weighted by atomic mass is 10.5. The fourth-order valence-corrected chi connectivity index (χ4v) is 0.365. The summed E-state index contributed by atoms with van der Waals surface area (Å²) in [5.74, 6) is -0.786. The fraction of sp³-hybridized carbons (Fsp3) is 0.250. The van der Waals surface area contributed by atoms with Crippen LogP contribution in [-0.4, -0.2) is 24.0 Å². The van der Waals surface area contributed by atoms with E-state index in [1.807, 2.05) is 0 Å². The lowest BCUT2D eigenvalue weighted by molar-refractivity contribution is -0.140. The Bertz CT molecular complexity index is 265. The molecule has 0 amide bonds. The minimum absolute atomic E-state index is 0.255. The molecule has 0 aromatic heterocycles. The van der Waals surface area contributed by atoms with Gasteiger partial charge in [0.15, 0.2) is 18.7 Å². The highest BCUT2D eigenvalue weighted by Crippen LogP contribution is 1.86. The molecule has 0 fully saturated rings. The normalized spacial score (nSPS) is 7.42. The van der Waals surface area contributed by atoms with Gasteiger partial charge in [-0.25, -0.2) is 0 Å². The van der Waals surface area contributed by atoms with Crippen molar-refractivity contribution in [3.63, 3.8) is 0 Å². The number of carbonyl (C=O) groups is 2. The average molecular weight is 168 g/mol. The summed E-state index contributed by atoms with van der Waals surface area (Å²) in [5, 5.41) is 8.85. The summed E-state index contributed by atoms with van der Waals surface area (Å²) in [6.45, 7) is 0.966. The van der Waals surface area contributed by atoms with E-state index < -0.39 is 5.97 Å². The number of ether oxygens (including phenoxy) is 1. The molecule has 0 aromatic carbocycles. The lowest BCUT2D eigenvalue weighted by Crippen LogP contribution is -2.01. The molecule has 0 rings (SSSR count). The van der Waals surface area contributed by atoms with Crippen molar-refractivity contribution in [1.82, 2.24) is 0 Å². The number of aliphatic hydroxyl groups excluding tert-OH is 1. The van der Waals surface area contributed by atoms with Crippen LogP contribution in [0.3, 0.4) is 0 Å². The van der Waals surface area contributed by atoms with E-state index in [0.717, 1.165) is 6.08 Å². The highest BCUT2D eigenvalue weighted by molar-refractivity contribution is 5.66. The number of aliphatic hydroxyl groups is 1. The van der Waals surface area contributed by atoms with Crippen molar-refractivity contribution >= 4 is 12.3 Å². The first-order valence-corrected chi connectivity index (χ1v) is 3.13. The van der Waals surface area contributed by atoms with Crippen LogP contribution < -0.4 is 0 Å². The zero-order valence-corrected chi connectivity index (χ0v) is 6.53. The molecule has 0 unspecified atom stereocenters. The maximum absolute atomic E-state index is 10.2. The van der Waals surface area contributed by atoms with Crippen molar-refractivity contribution in [2.75, 3.05) is 6.61 Å². The van der Waals surface area contributed by atoms with Crippen LogP contribution in [0.1, 0.15) is 6.92 Å². The Morgan fingerprint density at radius 1 is 1.67 bits per heavy atom. The minimum Gasteiger partial charge on any atom is -0.501 e. The molecule has 12 heavy (non-hydrogen) atoms. The second-order valence-electron chi connectivity index (χ2n) is 1.80. The Labute approximate surface area is 69.5 Å². The van der Waals surface area contributed by atoms with Gasteiger partial charge in [0.05, 0.1) is 0 Å². The summed E-state index contributed by atoms with van der Waals surface area (Å²) >= 11 is 0. The number of hydrogen-bond donors (Lipinski definition) is 1. The van der Waals surface area contributed by atoms with E-state index in [0.29, 0.717) is 6.29 Å². The molecule has 4 nitrogen and oxygen atoms in total. The van der Waals surface area contributed by atoms with Crippen LogP contribution in [-0.2, 0) is 14.3 Å². The highest BCUT2D eigenvalue weighted by atomic mass is 16.5. The third-order valence-corrected chi connectivity index (χ3v) is 0.780. The summed E-state index contributed by atoms with van der Waals surface area (Å²) in [6, 6.07) is 0. The number of esters is 1. The average Bonchev–Trinajstić information content (AvgIpc) is 2.01. The van der Waals surface area contributed by atoms with Gasteiger partial charge in [0, 0.05) is 13.0 Å². The van der Waals surface area contributed by atoms with Crippen molar-refractivity contribution in [3.8, 4) is 0 Å². The molecule has 0 aliphatic heterocycles. The monoisotopic (exact) mass is 168 g/mol. The van der Waals surface area contributed by atoms with Gasteiger partial charge >= 0.3 is 5.97 Å². The predicted octanol–water partition coefficient (Wildman–Crippen LogP) is 0.501. The topological polar surface area (TPSA) is 63.6 Å². The Kier molecular flexibility index (Phi) is 5.11. The van der Waals surface area contributed by atoms with E-state index in [2.05, 4.69) is 16.2 Å². The number of allylic oxidation sites excluding steroid dienone is 1. The first kappa shape index (κ1) is 10.2. The molecule has 0 spiro atoms. The van der Waals surface area contributed by atoms with Crippen LogP contribution >= 0.6 is 0 Å². The van der Waals surface area contributed by atoms with Crippen LogP contribution in [0.4, 0.5) is 0 Å². The van der Waals surface area contributed by atoms with E-state index in [1.54, 1.807) is 0 Å². The van der Waals surface area contributed by atoms with Gasteiger partial charge in [-0.15, -0.1) is 0 Å². The zero-order chi connectivity index (χ0) is 9.40. The van der Waals surface area contributed by atoms with Gasteiger partial charge in [0.2, 0.25) is 0 Å². The molecule has 4 heteroatoms. The van der Waals surface area contributed by atoms with E-state index in [9.17, 15) is 9.59 Å². The first-order chi connectivity index (χ1) is 5.66. The van der Waals surface area contributed by atoms with Crippen LogP contribution in [0.2, 0.25) is 0 Å². The fourth-order valence-electron chi connectivity index (χ4n) is 0.365. The van der Waals surface area contributed by atoms with Gasteiger partial charge in [-0.1, -0.05) is 5.73 Å². The quantitative estimate of drug-likeness (QED) is 0.219. The summed E-state index contributed by atoms with van der Waals surface area (Å²) in [7, 11) is 0. The molecule has 1 N–H and O–H groups in total. The molecule has 0 heterocycles. The van der Waals surface area contributed by atoms with Crippen LogP contribution in [0.5, 0.6) is 0 Å². The van der Waals surface area contributed by atoms with E-state index in [-0.39, 0.29) is 12.4 Å². The standard InChI is InChI=1S/C8H8O4/c1-7(10)12-6-8(11)4-2-3-5-9/h3,5,11H,6H2,1H3. The summed E-state index contributed by atoms with van der Waals surface area (Å²) < 4.78 is 4.40. The van der Waals surface area contributed by atoms with Crippen LogP contribution in [0.15, 0.2) is 23.3 Å². The van der Waals surface area contributed by atoms with Gasteiger partial charge in [0.1, 0.15) is 0 Å². The molecule has 0 atom stereocenters. The van der Waals surface area contributed by atoms with Crippen molar-refractivity contribution in [1.29, 1.82) is 0 Å². The molecule has 0 bridgehead atoms. The maximum Gasteiger partial charge on any atom is 0.303 e. The Balaban J connectivity index is 4.11. The second kappa shape index (κ2) is 5.98. The molecular formula is C8H8O4. The SMILES string of the molecule is CC(=O)OCC(O)=C=C=CC=O. The molecule has 64 valence electrons. The summed E-state index contributed by atoms with van der Waals surface area (Å²) in [4.78, 5) is 19.9. The lowest BCUT2D eigenvalue weighted by Gasteiger charge is -1.95. The molecule has 0 saturated heterocycles. The summed E-state index contributed by atoms with van der Waals surface area (Å²) in [5.41, 5.74) is 4.43. The van der Waals surface area contributed by atoms with Gasteiger partial charge in [-0.05, 0) is 5.73 Å². The Hall–Kier alpha value is -1.76. The molecule has 0 aliphatic carbocycles. The zero-order valence-electron chi connectivity index (χ0n) is 6.53. The van der Waals surface area contributed by atoms with Gasteiger partial charge in [0.25, 0.3) is 0 Å². The predicted molar refractivity (Wildman–Crippen MR) is 40.4 cm³/mol. The van der Waals surface area contributed by atoms with Crippen molar-refractivity contribution in [2.45, 2.75) is 6.92 Å². The van der Waals surface area contributed by atoms with Crippen LogP contribution in [0, 0.1) is 0 Å². The number of aldehydes is 1. The third kappa shape index (κ3) is 6.36. The highest BCUT2D eigenvalue weighted by Gasteiger charge is 1.94. The van der Waals surface area contributed by atoms with Crippen molar-refractivity contribution in [2.24, 2.45) is 0 Å². The smallest absolute Gasteiger partial charge is 0.303 e. The van der Waals surface area contributed by atoms with Gasteiger partial charge in [-0.3, -0.25) is 9.59 Å². The summed E-state index contributed by atoms with van der Waals surface area (Å²) in [6.07, 6.45) is 1.52. The molecular weight excluding hydrogens is 160 g/mol. The first-order valence-electron chi connectivity index (χ1n) is 3.13. The number of rotatable bonds is 3. The van der Waals surface area contributed by atoms with E-state index in [4.69, 9.17) is 5.11 Å². The molecule has 0 saturated carbocycles. The molecule has 0 aromatic rings. The Morgan fingerprint density at radius 2 is 2.33 bits per heavy atom. The molecule has 0 aliphatic rings. The third-order valence-electron chi connectivity index (χ3n) is 0.780. The van der Waals surface area contributed by atoms with E-state index >= 15 is 0 Å². The van der Waals surface area contributed by atoms with Gasteiger partial charge in [-0.2, -0.15) is 0 Å².